The Bertz CT molecular complexity index is 1330. The molecule has 2 aromatic heterocycles. The van der Waals surface area contributed by atoms with E-state index in [9.17, 15) is 13.2 Å². The summed E-state index contributed by atoms with van der Waals surface area (Å²) in [6.07, 6.45) is 10.5. The van der Waals surface area contributed by atoms with Crippen LogP contribution in [-0.2, 0) is 35.6 Å². The van der Waals surface area contributed by atoms with Gasteiger partial charge in [-0.15, -0.1) is 0 Å². The molecule has 0 radical (unpaired) electrons. The van der Waals surface area contributed by atoms with Crippen LogP contribution < -0.4 is 10.9 Å². The van der Waals surface area contributed by atoms with Crippen molar-refractivity contribution in [2.45, 2.75) is 50.8 Å². The van der Waals surface area contributed by atoms with E-state index < -0.39 is 9.84 Å². The van der Waals surface area contributed by atoms with E-state index in [2.05, 4.69) is 10.3 Å². The van der Waals surface area contributed by atoms with Crippen LogP contribution in [0.2, 0.25) is 0 Å². The third-order valence-electron chi connectivity index (χ3n) is 6.79. The molecular weight excluding hydrogens is 410 g/mol. The Morgan fingerprint density at radius 3 is 2.65 bits per heavy atom. The fourth-order valence-electron chi connectivity index (χ4n) is 5.34. The van der Waals surface area contributed by atoms with Gasteiger partial charge in [0.15, 0.2) is 9.84 Å². The third kappa shape index (κ3) is 3.80. The van der Waals surface area contributed by atoms with Gasteiger partial charge < -0.3 is 14.9 Å². The Balaban J connectivity index is 1.68. The van der Waals surface area contributed by atoms with Gasteiger partial charge in [-0.05, 0) is 30.0 Å². The number of aromatic amines is 1. The predicted octanol–water partition coefficient (Wildman–Crippen LogP) is 4.13. The van der Waals surface area contributed by atoms with Crippen molar-refractivity contribution in [3.8, 4) is 11.1 Å². The van der Waals surface area contributed by atoms with E-state index in [0.29, 0.717) is 18.0 Å². The van der Waals surface area contributed by atoms with E-state index in [1.807, 2.05) is 24.4 Å². The maximum absolute atomic E-state index is 13.0. The number of benzene rings is 1. The molecule has 0 bridgehead atoms. The molecule has 3 heterocycles. The van der Waals surface area contributed by atoms with Gasteiger partial charge in [0.1, 0.15) is 5.52 Å². The van der Waals surface area contributed by atoms with E-state index in [4.69, 9.17) is 0 Å². The molecule has 0 unspecified atom stereocenters. The maximum Gasteiger partial charge on any atom is 0.274 e. The highest BCUT2D eigenvalue weighted by molar-refractivity contribution is 7.89. The second-order valence-corrected chi connectivity index (χ2v) is 11.4. The predicted molar refractivity (Wildman–Crippen MR) is 125 cm³/mol. The lowest BCUT2D eigenvalue weighted by molar-refractivity contribution is 0.354. The Hall–Kier alpha value is -2.54. The van der Waals surface area contributed by atoms with E-state index >= 15 is 0 Å². The van der Waals surface area contributed by atoms with Gasteiger partial charge in [-0.2, -0.15) is 0 Å². The molecule has 1 aromatic carbocycles. The molecule has 1 fully saturated rings. The molecule has 2 N–H and O–H groups in total. The lowest BCUT2D eigenvalue weighted by Gasteiger charge is -2.21. The molecule has 0 amide bonds. The standard InChI is InChI=1S/C24H29N3O3S/c1-27-13-19-17-10-16(14-31(2,29)30)8-9-20(17)25-12-18-21(11-15-6-4-3-5-7-15)26-23(22(18)19)24(27)28/h8-10,13,15,25-26H,3-7,11-12,14H2,1-2H3. The average molecular weight is 440 g/mol. The molecule has 0 saturated heterocycles. The molecule has 6 nitrogen and oxygen atoms in total. The number of aryl methyl sites for hydroxylation is 1. The van der Waals surface area contributed by atoms with Crippen LogP contribution in [0.1, 0.15) is 48.9 Å². The zero-order chi connectivity index (χ0) is 21.8. The molecule has 7 heteroatoms. The maximum atomic E-state index is 13.0. The first-order chi connectivity index (χ1) is 14.8. The summed E-state index contributed by atoms with van der Waals surface area (Å²) in [4.78, 5) is 16.5. The second-order valence-electron chi connectivity index (χ2n) is 9.30. The zero-order valence-electron chi connectivity index (χ0n) is 18.1. The lowest BCUT2D eigenvalue weighted by atomic mass is 9.85. The monoisotopic (exact) mass is 439 g/mol. The van der Waals surface area contributed by atoms with Crippen LogP contribution in [0, 0.1) is 5.92 Å². The molecule has 2 aliphatic rings. The van der Waals surface area contributed by atoms with Crippen LogP contribution in [0.15, 0.2) is 29.2 Å². The highest BCUT2D eigenvalue weighted by atomic mass is 32.2. The zero-order valence-corrected chi connectivity index (χ0v) is 18.9. The van der Waals surface area contributed by atoms with Gasteiger partial charge in [0.2, 0.25) is 0 Å². The van der Waals surface area contributed by atoms with Crippen molar-refractivity contribution in [1.29, 1.82) is 0 Å². The third-order valence-corrected chi connectivity index (χ3v) is 7.65. The molecule has 0 spiro atoms. The van der Waals surface area contributed by atoms with Crippen molar-refractivity contribution in [3.05, 3.63) is 51.6 Å². The number of nitrogens with zero attached hydrogens (tertiary/aromatic N) is 1. The second kappa shape index (κ2) is 7.55. The topological polar surface area (TPSA) is 84.0 Å². The Kier molecular flexibility index (Phi) is 4.96. The normalized spacial score (nSPS) is 16.7. The van der Waals surface area contributed by atoms with Crippen molar-refractivity contribution >= 4 is 26.4 Å². The van der Waals surface area contributed by atoms with Crippen molar-refractivity contribution in [2.24, 2.45) is 13.0 Å². The van der Waals surface area contributed by atoms with Crippen molar-refractivity contribution in [2.75, 3.05) is 11.6 Å². The first kappa shape index (κ1) is 20.4. The Morgan fingerprint density at radius 1 is 1.13 bits per heavy atom. The van der Waals surface area contributed by atoms with Crippen molar-refractivity contribution < 1.29 is 8.42 Å². The number of sulfone groups is 1. The minimum absolute atomic E-state index is 0.00209. The molecule has 0 atom stereocenters. The number of rotatable bonds is 4. The quantitative estimate of drug-likeness (QED) is 0.640. The van der Waals surface area contributed by atoms with Gasteiger partial charge in [-0.25, -0.2) is 8.42 Å². The molecule has 1 aliphatic heterocycles. The van der Waals surface area contributed by atoms with Gasteiger partial charge in [0, 0.05) is 59.5 Å². The first-order valence-electron chi connectivity index (χ1n) is 11.1. The summed E-state index contributed by atoms with van der Waals surface area (Å²) < 4.78 is 25.3. The van der Waals surface area contributed by atoms with Crippen LogP contribution in [0.5, 0.6) is 0 Å². The number of aromatic nitrogens is 2. The van der Waals surface area contributed by atoms with E-state index in [1.165, 1.54) is 49.6 Å². The van der Waals surface area contributed by atoms with E-state index in [0.717, 1.165) is 34.2 Å². The molecule has 31 heavy (non-hydrogen) atoms. The summed E-state index contributed by atoms with van der Waals surface area (Å²) >= 11 is 0. The number of H-pyrrole nitrogens is 1. The molecule has 5 rings (SSSR count). The van der Waals surface area contributed by atoms with Gasteiger partial charge in [0.05, 0.1) is 5.75 Å². The van der Waals surface area contributed by atoms with E-state index in [1.54, 1.807) is 11.6 Å². The SMILES string of the molecule is Cn1cc2c3c(c(CC4CCCCC4)[nH]c3c1=O)CNc1ccc(CS(C)(=O)=O)cc1-2. The largest absolute Gasteiger partial charge is 0.380 e. The molecule has 1 saturated carbocycles. The summed E-state index contributed by atoms with van der Waals surface area (Å²) in [6.45, 7) is 0.653. The summed E-state index contributed by atoms with van der Waals surface area (Å²) in [5.41, 5.74) is 6.63. The molecule has 3 aromatic rings. The van der Waals surface area contributed by atoms with E-state index in [-0.39, 0.29) is 11.3 Å². The Morgan fingerprint density at radius 2 is 1.90 bits per heavy atom. The first-order valence-corrected chi connectivity index (χ1v) is 13.1. The molecule has 164 valence electrons. The van der Waals surface area contributed by atoms with Crippen LogP contribution in [0.25, 0.3) is 22.0 Å². The van der Waals surface area contributed by atoms with Crippen molar-refractivity contribution in [1.82, 2.24) is 9.55 Å². The van der Waals surface area contributed by atoms with Gasteiger partial charge in [-0.3, -0.25) is 4.79 Å². The van der Waals surface area contributed by atoms with Crippen LogP contribution >= 0.6 is 0 Å². The Labute approximate surface area is 182 Å². The number of hydrogen-bond donors (Lipinski definition) is 2. The number of nitrogens with one attached hydrogen (secondary N) is 2. The van der Waals surface area contributed by atoms with Crippen LogP contribution in [-0.4, -0.2) is 24.2 Å². The minimum Gasteiger partial charge on any atom is -0.380 e. The smallest absolute Gasteiger partial charge is 0.274 e. The van der Waals surface area contributed by atoms with Crippen molar-refractivity contribution in [3.63, 3.8) is 0 Å². The molecular formula is C24H29N3O3S. The van der Waals surface area contributed by atoms with Gasteiger partial charge in [-0.1, -0.05) is 38.2 Å². The highest BCUT2D eigenvalue weighted by Gasteiger charge is 2.25. The highest BCUT2D eigenvalue weighted by Crippen LogP contribution is 2.40. The fraction of sp³-hybridized carbons (Fsp3) is 0.458. The number of anilines is 1. The number of hydrogen-bond acceptors (Lipinski definition) is 4. The molecule has 1 aliphatic carbocycles. The minimum atomic E-state index is -3.13. The summed E-state index contributed by atoms with van der Waals surface area (Å²) in [6, 6.07) is 5.78. The average Bonchev–Trinajstić information content (AvgIpc) is 2.99. The lowest BCUT2D eigenvalue weighted by Crippen LogP contribution is -2.16. The summed E-state index contributed by atoms with van der Waals surface area (Å²) in [5.74, 6) is 0.666. The summed E-state index contributed by atoms with van der Waals surface area (Å²) in [7, 11) is -1.36. The summed E-state index contributed by atoms with van der Waals surface area (Å²) in [5, 5.41) is 4.53. The van der Waals surface area contributed by atoms with Gasteiger partial charge in [0.25, 0.3) is 5.56 Å². The number of pyridine rings is 1. The fourth-order valence-corrected chi connectivity index (χ4v) is 6.12. The van der Waals surface area contributed by atoms with Crippen LogP contribution in [0.4, 0.5) is 5.69 Å². The van der Waals surface area contributed by atoms with Gasteiger partial charge >= 0.3 is 0 Å². The number of fused-ring (bicyclic) bond motifs is 2. The van der Waals surface area contributed by atoms with Crippen LogP contribution in [0.3, 0.4) is 0 Å².